The van der Waals surface area contributed by atoms with Gasteiger partial charge in [-0.2, -0.15) is 0 Å². The predicted octanol–water partition coefficient (Wildman–Crippen LogP) is 2.42. The van der Waals surface area contributed by atoms with Crippen molar-refractivity contribution in [2.75, 3.05) is 25.4 Å². The highest BCUT2D eigenvalue weighted by molar-refractivity contribution is 14.0. The third-order valence-electron chi connectivity index (χ3n) is 4.03. The summed E-state index contributed by atoms with van der Waals surface area (Å²) in [5, 5.41) is 3.17. The zero-order valence-corrected chi connectivity index (χ0v) is 17.4. The molecule has 1 N–H and O–H groups in total. The van der Waals surface area contributed by atoms with Crippen LogP contribution in [0, 0.1) is 5.82 Å². The van der Waals surface area contributed by atoms with Crippen LogP contribution in [0.1, 0.15) is 26.3 Å². The van der Waals surface area contributed by atoms with Crippen LogP contribution in [0.5, 0.6) is 0 Å². The van der Waals surface area contributed by atoms with Crippen LogP contribution in [0.15, 0.2) is 29.3 Å². The molecule has 1 aromatic carbocycles. The fourth-order valence-electron chi connectivity index (χ4n) is 2.54. The minimum atomic E-state index is -3.10. The van der Waals surface area contributed by atoms with Gasteiger partial charge in [-0.1, -0.05) is 18.2 Å². The largest absolute Gasteiger partial charge is 0.357 e. The number of hydrogen-bond donors (Lipinski definition) is 1. The Morgan fingerprint density at radius 2 is 2.04 bits per heavy atom. The maximum Gasteiger partial charge on any atom is 0.194 e. The summed E-state index contributed by atoms with van der Waals surface area (Å²) in [5.74, 6) is 0.441. The lowest BCUT2D eigenvalue weighted by Crippen LogP contribution is -2.57. The molecule has 24 heavy (non-hydrogen) atoms. The SMILES string of the molecule is CCNC(=NCc1ccccc1F)N1CCS(=O)(=O)C(C)(C)C1.I. The van der Waals surface area contributed by atoms with Gasteiger partial charge in [0.15, 0.2) is 15.8 Å². The van der Waals surface area contributed by atoms with Gasteiger partial charge in [0.1, 0.15) is 5.82 Å². The summed E-state index contributed by atoms with van der Waals surface area (Å²) in [4.78, 5) is 6.41. The molecular formula is C16H25FIN3O2S. The summed E-state index contributed by atoms with van der Waals surface area (Å²) in [7, 11) is -3.10. The Balaban J connectivity index is 0.00000288. The zero-order valence-electron chi connectivity index (χ0n) is 14.3. The number of benzene rings is 1. The molecule has 0 unspecified atom stereocenters. The summed E-state index contributed by atoms with van der Waals surface area (Å²) in [6, 6.07) is 6.53. The molecule has 0 spiro atoms. The molecule has 0 atom stereocenters. The molecule has 136 valence electrons. The highest BCUT2D eigenvalue weighted by Crippen LogP contribution is 2.23. The van der Waals surface area contributed by atoms with Gasteiger partial charge in [-0.15, -0.1) is 24.0 Å². The van der Waals surface area contributed by atoms with Crippen molar-refractivity contribution < 1.29 is 12.8 Å². The number of guanidine groups is 1. The van der Waals surface area contributed by atoms with Crippen LogP contribution in [0.2, 0.25) is 0 Å². The number of rotatable bonds is 3. The first kappa shape index (κ1) is 21.1. The standard InChI is InChI=1S/C16H24FN3O2S.HI/c1-4-18-15(19-11-13-7-5-6-8-14(13)17)20-9-10-23(21,22)16(2,3)12-20;/h5-8H,4,9-12H2,1-3H3,(H,18,19);1H. The van der Waals surface area contributed by atoms with Crippen molar-refractivity contribution in [2.45, 2.75) is 32.1 Å². The van der Waals surface area contributed by atoms with Gasteiger partial charge in [0.25, 0.3) is 0 Å². The highest BCUT2D eigenvalue weighted by atomic mass is 127. The maximum absolute atomic E-state index is 13.7. The Hall–Kier alpha value is -0.900. The van der Waals surface area contributed by atoms with Crippen LogP contribution >= 0.6 is 24.0 Å². The monoisotopic (exact) mass is 469 g/mol. The molecule has 0 aromatic heterocycles. The highest BCUT2D eigenvalue weighted by Gasteiger charge is 2.40. The molecule has 0 saturated carbocycles. The van der Waals surface area contributed by atoms with Crippen molar-refractivity contribution in [2.24, 2.45) is 4.99 Å². The van der Waals surface area contributed by atoms with Crippen molar-refractivity contribution in [3.63, 3.8) is 0 Å². The molecule has 1 fully saturated rings. The van der Waals surface area contributed by atoms with Gasteiger partial charge in [-0.05, 0) is 26.8 Å². The Bertz CT molecular complexity index is 692. The van der Waals surface area contributed by atoms with Crippen LogP contribution < -0.4 is 5.32 Å². The van der Waals surface area contributed by atoms with E-state index >= 15 is 0 Å². The Morgan fingerprint density at radius 1 is 1.38 bits per heavy atom. The predicted molar refractivity (Wildman–Crippen MR) is 106 cm³/mol. The Kier molecular flexibility index (Phi) is 7.45. The first-order chi connectivity index (χ1) is 10.8. The van der Waals surface area contributed by atoms with Crippen LogP contribution in [-0.4, -0.2) is 49.4 Å². The second-order valence-electron chi connectivity index (χ2n) is 6.26. The van der Waals surface area contributed by atoms with Crippen molar-refractivity contribution in [1.82, 2.24) is 10.2 Å². The van der Waals surface area contributed by atoms with E-state index in [4.69, 9.17) is 0 Å². The van der Waals surface area contributed by atoms with E-state index in [0.29, 0.717) is 31.2 Å². The van der Waals surface area contributed by atoms with Gasteiger partial charge in [-0.25, -0.2) is 17.8 Å². The van der Waals surface area contributed by atoms with Crippen molar-refractivity contribution in [3.8, 4) is 0 Å². The summed E-state index contributed by atoms with van der Waals surface area (Å²) in [5.41, 5.74) is 0.520. The maximum atomic E-state index is 13.7. The summed E-state index contributed by atoms with van der Waals surface area (Å²) in [6.45, 7) is 7.07. The average molecular weight is 469 g/mol. The summed E-state index contributed by atoms with van der Waals surface area (Å²) in [6.07, 6.45) is 0. The average Bonchev–Trinajstić information content (AvgIpc) is 2.48. The Morgan fingerprint density at radius 3 is 2.62 bits per heavy atom. The van der Waals surface area contributed by atoms with Gasteiger partial charge in [-0.3, -0.25) is 0 Å². The van der Waals surface area contributed by atoms with Crippen LogP contribution in [0.25, 0.3) is 0 Å². The minimum Gasteiger partial charge on any atom is -0.357 e. The number of halogens is 2. The zero-order chi connectivity index (χ0) is 17.1. The Labute approximate surface area is 160 Å². The third-order valence-corrected chi connectivity index (χ3v) is 6.57. The van der Waals surface area contributed by atoms with Crippen molar-refractivity contribution >= 4 is 39.8 Å². The molecule has 0 bridgehead atoms. The molecule has 0 amide bonds. The van der Waals surface area contributed by atoms with E-state index in [1.807, 2.05) is 11.8 Å². The summed E-state index contributed by atoms with van der Waals surface area (Å²) < 4.78 is 37.1. The van der Waals surface area contributed by atoms with E-state index in [0.717, 1.165) is 0 Å². The lowest BCUT2D eigenvalue weighted by Gasteiger charge is -2.39. The number of nitrogens with one attached hydrogen (secondary N) is 1. The van der Waals surface area contributed by atoms with Crippen molar-refractivity contribution in [1.29, 1.82) is 0 Å². The second kappa shape index (κ2) is 8.46. The normalized spacial score (nSPS) is 19.5. The number of aliphatic imine (C=N–C) groups is 1. The number of nitrogens with zero attached hydrogens (tertiary/aromatic N) is 2. The molecule has 5 nitrogen and oxygen atoms in total. The smallest absolute Gasteiger partial charge is 0.194 e. The molecule has 1 aromatic rings. The van der Waals surface area contributed by atoms with E-state index in [-0.39, 0.29) is 42.1 Å². The second-order valence-corrected chi connectivity index (χ2v) is 9.00. The molecule has 1 aliphatic rings. The minimum absolute atomic E-state index is 0. The lowest BCUT2D eigenvalue weighted by atomic mass is 10.2. The fraction of sp³-hybridized carbons (Fsp3) is 0.562. The van der Waals surface area contributed by atoms with Crippen LogP contribution in [0.3, 0.4) is 0 Å². The fourth-order valence-corrected chi connectivity index (χ4v) is 3.90. The topological polar surface area (TPSA) is 61.8 Å². The van der Waals surface area contributed by atoms with Crippen LogP contribution in [-0.2, 0) is 16.4 Å². The first-order valence-corrected chi connectivity index (χ1v) is 9.41. The molecule has 0 radical (unpaired) electrons. The first-order valence-electron chi connectivity index (χ1n) is 7.76. The molecule has 0 aliphatic carbocycles. The number of sulfone groups is 1. The van der Waals surface area contributed by atoms with Crippen LogP contribution in [0.4, 0.5) is 4.39 Å². The van der Waals surface area contributed by atoms with E-state index < -0.39 is 14.6 Å². The van der Waals surface area contributed by atoms with Gasteiger partial charge in [0, 0.05) is 25.2 Å². The molecular weight excluding hydrogens is 444 g/mol. The van der Waals surface area contributed by atoms with E-state index in [1.54, 1.807) is 32.0 Å². The van der Waals surface area contributed by atoms with E-state index in [1.165, 1.54) is 6.07 Å². The van der Waals surface area contributed by atoms with Gasteiger partial charge in [0.2, 0.25) is 0 Å². The quantitative estimate of drug-likeness (QED) is 0.420. The molecule has 1 heterocycles. The van der Waals surface area contributed by atoms with Gasteiger partial charge < -0.3 is 10.2 Å². The molecule has 2 rings (SSSR count). The lowest BCUT2D eigenvalue weighted by molar-refractivity contribution is 0.353. The third kappa shape index (κ3) is 4.81. The van der Waals surface area contributed by atoms with E-state index in [2.05, 4.69) is 10.3 Å². The van der Waals surface area contributed by atoms with E-state index in [9.17, 15) is 12.8 Å². The molecule has 8 heteroatoms. The molecule has 1 aliphatic heterocycles. The molecule has 1 saturated heterocycles. The number of hydrogen-bond acceptors (Lipinski definition) is 3. The summed E-state index contributed by atoms with van der Waals surface area (Å²) >= 11 is 0. The van der Waals surface area contributed by atoms with Gasteiger partial charge in [0.05, 0.1) is 17.0 Å². The van der Waals surface area contributed by atoms with Gasteiger partial charge >= 0.3 is 0 Å². The van der Waals surface area contributed by atoms with Crippen molar-refractivity contribution in [3.05, 3.63) is 35.6 Å².